The number of hydrogen-bond donors (Lipinski definition) is 3. The molecule has 3 aromatic carbocycles. The number of aryl methyl sites for hydroxylation is 1. The minimum Gasteiger partial charge on any atom is -0.334 e. The lowest BCUT2D eigenvalue weighted by Crippen LogP contribution is -2.43. The van der Waals surface area contributed by atoms with E-state index in [1.165, 1.54) is 10.5 Å². The van der Waals surface area contributed by atoms with Crippen molar-refractivity contribution in [2.24, 2.45) is 0 Å². The molecule has 3 N–H and O–H groups in total. The van der Waals surface area contributed by atoms with E-state index in [4.69, 9.17) is 5.41 Å². The van der Waals surface area contributed by atoms with Crippen LogP contribution in [0.15, 0.2) is 97.1 Å². The number of rotatable bonds is 12. The Morgan fingerprint density at radius 1 is 0.867 bits per heavy atom. The Bertz CT molecular complexity index is 1690. The van der Waals surface area contributed by atoms with E-state index in [0.29, 0.717) is 36.6 Å². The van der Waals surface area contributed by atoms with Crippen LogP contribution < -0.4 is 10.0 Å². The number of sulfonamides is 1. The van der Waals surface area contributed by atoms with Crippen molar-refractivity contribution in [3.63, 3.8) is 0 Å². The summed E-state index contributed by atoms with van der Waals surface area (Å²) in [7, 11) is -3.60. The summed E-state index contributed by atoms with van der Waals surface area (Å²) in [5.74, 6) is 0.443. The van der Waals surface area contributed by atoms with Gasteiger partial charge in [0.2, 0.25) is 10.0 Å². The van der Waals surface area contributed by atoms with E-state index in [0.717, 1.165) is 29.5 Å². The van der Waals surface area contributed by atoms with E-state index < -0.39 is 10.0 Å². The number of urea groups is 1. The summed E-state index contributed by atoms with van der Waals surface area (Å²) < 4.78 is 27.9. The van der Waals surface area contributed by atoms with Gasteiger partial charge in [-0.3, -0.25) is 15.0 Å². The van der Waals surface area contributed by atoms with E-state index in [2.05, 4.69) is 47.9 Å². The summed E-state index contributed by atoms with van der Waals surface area (Å²) >= 11 is 0. The molecule has 45 heavy (non-hydrogen) atoms. The van der Waals surface area contributed by atoms with Gasteiger partial charge in [0, 0.05) is 26.5 Å². The van der Waals surface area contributed by atoms with Gasteiger partial charge in [-0.2, -0.15) is 0 Å². The molecular weight excluding hydrogens is 582 g/mol. The fraction of sp³-hybridized carbons (Fsp3) is 0.306. The monoisotopic (exact) mass is 627 g/mol. The standard InChI is InChI=1S/C36H43N5O3S.H2/c1-5-41(35(42)38-25-28-19-23-31(24-20-28)36(2,3)4)33(37)15-9-13-27-17-21-30(22-18-27)32-14-10-16-34(39-32)40-45(43,44)26-29-11-7-6-8-12-29;/h6-8,10-12,14,16-24,37H,5,9,13,15,25-26H2,1-4H3,(H,38,42)(H,39,40);1H. The predicted octanol–water partition coefficient (Wildman–Crippen LogP) is 7.77. The van der Waals surface area contributed by atoms with E-state index >= 15 is 0 Å². The number of pyridine rings is 1. The minimum atomic E-state index is -3.60. The third-order valence-corrected chi connectivity index (χ3v) is 8.72. The lowest BCUT2D eigenvalue weighted by Gasteiger charge is -2.22. The Labute approximate surface area is 269 Å². The molecule has 0 spiro atoms. The maximum atomic E-state index is 12.8. The zero-order valence-electron chi connectivity index (χ0n) is 26.5. The number of amidine groups is 1. The van der Waals surface area contributed by atoms with Crippen molar-refractivity contribution in [3.05, 3.63) is 119 Å². The van der Waals surface area contributed by atoms with Crippen LogP contribution in [0.4, 0.5) is 10.6 Å². The molecule has 0 atom stereocenters. The molecule has 8 nitrogen and oxygen atoms in total. The van der Waals surface area contributed by atoms with Crippen molar-refractivity contribution in [2.45, 2.75) is 64.7 Å². The zero-order chi connectivity index (χ0) is 32.5. The van der Waals surface area contributed by atoms with Crippen molar-refractivity contribution < 1.29 is 14.6 Å². The molecule has 4 rings (SSSR count). The fourth-order valence-electron chi connectivity index (χ4n) is 4.93. The van der Waals surface area contributed by atoms with E-state index in [1.54, 1.807) is 24.3 Å². The van der Waals surface area contributed by atoms with Gasteiger partial charge in [0.1, 0.15) is 11.7 Å². The highest BCUT2D eigenvalue weighted by Crippen LogP contribution is 2.23. The topological polar surface area (TPSA) is 115 Å². The molecule has 0 fully saturated rings. The van der Waals surface area contributed by atoms with Gasteiger partial charge in [0.05, 0.1) is 11.4 Å². The molecule has 9 heteroatoms. The summed E-state index contributed by atoms with van der Waals surface area (Å²) in [5.41, 5.74) is 5.70. The second kappa shape index (κ2) is 15.0. The second-order valence-electron chi connectivity index (χ2n) is 12.1. The average molecular weight is 628 g/mol. The third kappa shape index (κ3) is 10.0. The molecule has 2 amide bonds. The van der Waals surface area contributed by atoms with Gasteiger partial charge in [-0.25, -0.2) is 18.2 Å². The van der Waals surface area contributed by atoms with Crippen LogP contribution in [0.3, 0.4) is 0 Å². The maximum Gasteiger partial charge on any atom is 0.323 e. The fourth-order valence-corrected chi connectivity index (χ4v) is 6.07. The highest BCUT2D eigenvalue weighted by atomic mass is 32.2. The highest BCUT2D eigenvalue weighted by molar-refractivity contribution is 7.91. The quantitative estimate of drug-likeness (QED) is 0.110. The number of benzene rings is 3. The SMILES string of the molecule is CCN(C(=N)CCCc1ccc(-c2cccc(NS(=O)(=O)Cc3ccccc3)n2)cc1)C(=O)NCc1ccc(C(C)(C)C)cc1.[HH]. The zero-order valence-corrected chi connectivity index (χ0v) is 27.3. The van der Waals surface area contributed by atoms with Crippen molar-refractivity contribution >= 4 is 27.7 Å². The predicted molar refractivity (Wildman–Crippen MR) is 185 cm³/mol. The Morgan fingerprint density at radius 2 is 1.53 bits per heavy atom. The Kier molecular flexibility index (Phi) is 11.1. The molecule has 0 aliphatic carbocycles. The van der Waals surface area contributed by atoms with Gasteiger partial charge in [-0.05, 0) is 59.6 Å². The van der Waals surface area contributed by atoms with Crippen LogP contribution >= 0.6 is 0 Å². The molecule has 4 aromatic rings. The molecule has 0 bridgehead atoms. The highest BCUT2D eigenvalue weighted by Gasteiger charge is 2.17. The molecule has 0 aliphatic heterocycles. The van der Waals surface area contributed by atoms with Crippen LogP contribution in [-0.4, -0.2) is 36.7 Å². The summed E-state index contributed by atoms with van der Waals surface area (Å²) in [6, 6.07) is 30.3. The number of nitrogens with one attached hydrogen (secondary N) is 3. The normalized spacial score (nSPS) is 11.6. The molecule has 0 aliphatic rings. The van der Waals surface area contributed by atoms with E-state index in [-0.39, 0.29) is 24.4 Å². The number of carbonyl (C=O) groups is 1. The van der Waals surface area contributed by atoms with Gasteiger partial charge in [-0.1, -0.05) is 106 Å². The van der Waals surface area contributed by atoms with Gasteiger partial charge in [0.15, 0.2) is 0 Å². The van der Waals surface area contributed by atoms with Crippen LogP contribution in [0.2, 0.25) is 0 Å². The lowest BCUT2D eigenvalue weighted by atomic mass is 9.87. The van der Waals surface area contributed by atoms with E-state index in [9.17, 15) is 13.2 Å². The van der Waals surface area contributed by atoms with Gasteiger partial charge < -0.3 is 5.32 Å². The van der Waals surface area contributed by atoms with Gasteiger partial charge in [0.25, 0.3) is 0 Å². The lowest BCUT2D eigenvalue weighted by molar-refractivity contribution is 0.221. The Balaban J connectivity index is 0.00000576. The molecule has 0 saturated carbocycles. The Morgan fingerprint density at radius 3 is 2.18 bits per heavy atom. The minimum absolute atomic E-state index is 0. The first-order chi connectivity index (χ1) is 21.4. The smallest absolute Gasteiger partial charge is 0.323 e. The number of aromatic nitrogens is 1. The first-order valence-corrected chi connectivity index (χ1v) is 16.9. The second-order valence-corrected chi connectivity index (χ2v) is 13.8. The number of anilines is 1. The van der Waals surface area contributed by atoms with Crippen molar-refractivity contribution in [1.29, 1.82) is 5.41 Å². The first-order valence-electron chi connectivity index (χ1n) is 15.3. The molecule has 0 saturated heterocycles. The maximum absolute atomic E-state index is 12.8. The summed E-state index contributed by atoms with van der Waals surface area (Å²) in [4.78, 5) is 18.8. The molecule has 238 valence electrons. The van der Waals surface area contributed by atoms with Crippen LogP contribution in [0.25, 0.3) is 11.3 Å². The van der Waals surface area contributed by atoms with Crippen LogP contribution in [0.5, 0.6) is 0 Å². The molecule has 1 heterocycles. The summed E-state index contributed by atoms with van der Waals surface area (Å²) in [6.07, 6.45) is 1.97. The van der Waals surface area contributed by atoms with Crippen LogP contribution in [-0.2, 0) is 34.2 Å². The molecular formula is C36H45N5O3S. The van der Waals surface area contributed by atoms with Crippen molar-refractivity contribution in [1.82, 2.24) is 15.2 Å². The van der Waals surface area contributed by atoms with Crippen molar-refractivity contribution in [2.75, 3.05) is 11.3 Å². The van der Waals surface area contributed by atoms with Gasteiger partial charge in [-0.15, -0.1) is 0 Å². The number of nitrogens with zero attached hydrogens (tertiary/aromatic N) is 2. The van der Waals surface area contributed by atoms with Crippen LogP contribution in [0, 0.1) is 5.41 Å². The van der Waals surface area contributed by atoms with E-state index in [1.807, 2.05) is 67.6 Å². The molecule has 0 unspecified atom stereocenters. The summed E-state index contributed by atoms with van der Waals surface area (Å²) in [5, 5.41) is 11.5. The largest absolute Gasteiger partial charge is 0.334 e. The number of amides is 2. The summed E-state index contributed by atoms with van der Waals surface area (Å²) in [6.45, 7) is 9.23. The number of carbonyl (C=O) groups excluding carboxylic acids is 1. The van der Waals surface area contributed by atoms with Gasteiger partial charge >= 0.3 is 6.03 Å². The van der Waals surface area contributed by atoms with Crippen molar-refractivity contribution in [3.8, 4) is 11.3 Å². The molecule has 1 aromatic heterocycles. The number of hydrogen-bond acceptors (Lipinski definition) is 5. The first kappa shape index (κ1) is 33.4. The third-order valence-electron chi connectivity index (χ3n) is 7.49. The Hall–Kier alpha value is -4.50. The van der Waals surface area contributed by atoms with Crippen LogP contribution in [0.1, 0.15) is 64.2 Å². The molecule has 0 radical (unpaired) electrons. The average Bonchev–Trinajstić information content (AvgIpc) is 3.00.